The van der Waals surface area contributed by atoms with Gasteiger partial charge in [-0.3, -0.25) is 9.79 Å². The number of likely N-dealkylation sites (tertiary alicyclic amines) is 1. The number of allylic oxidation sites excluding steroid dienone is 4. The molecular weight excluding hydrogens is 360 g/mol. The number of Topliss-reactive ketones (excluding diaryl/α,β-unsaturated/α-hetero) is 1. The number of carbonyl (C=O) groups excluding carboxylic acids is 3. The minimum absolute atomic E-state index is 0.00588. The number of amides is 2. The molecule has 3 rings (SSSR count). The van der Waals surface area contributed by atoms with E-state index >= 15 is 0 Å². The highest BCUT2D eigenvalue weighted by atomic mass is 16.6. The van der Waals surface area contributed by atoms with E-state index in [9.17, 15) is 14.4 Å². The maximum atomic E-state index is 13.1. The lowest BCUT2D eigenvalue weighted by molar-refractivity contribution is -0.771. The highest BCUT2D eigenvalue weighted by Crippen LogP contribution is 2.41. The molecular formula is C21H29N2O5+. The van der Waals surface area contributed by atoms with Crippen LogP contribution >= 0.6 is 0 Å². The monoisotopic (exact) mass is 389 g/mol. The summed E-state index contributed by atoms with van der Waals surface area (Å²) in [5.74, 6) is -0.565. The van der Waals surface area contributed by atoms with Gasteiger partial charge in [-0.1, -0.05) is 12.2 Å². The topological polar surface area (TPSA) is 82.0 Å². The molecule has 1 saturated heterocycles. The first-order valence-electron chi connectivity index (χ1n) is 9.63. The van der Waals surface area contributed by atoms with Gasteiger partial charge in [0, 0.05) is 11.6 Å². The van der Waals surface area contributed by atoms with Crippen LogP contribution in [-0.4, -0.2) is 52.5 Å². The van der Waals surface area contributed by atoms with Crippen molar-refractivity contribution < 1.29 is 28.3 Å². The average Bonchev–Trinajstić information content (AvgIpc) is 2.89. The van der Waals surface area contributed by atoms with E-state index in [1.54, 1.807) is 41.5 Å². The number of nitrogens with zero attached hydrogens (tertiary/aromatic N) is 2. The van der Waals surface area contributed by atoms with Crippen LogP contribution in [0.4, 0.5) is 9.59 Å². The fraction of sp³-hybridized carbons (Fsp3) is 0.619. The van der Waals surface area contributed by atoms with Gasteiger partial charge in [0.05, 0.1) is 11.6 Å². The zero-order valence-electron chi connectivity index (χ0n) is 17.4. The molecule has 3 aliphatic rings. The molecule has 2 amide bonds. The number of hydrogen-bond acceptors (Lipinski definition) is 6. The van der Waals surface area contributed by atoms with Crippen molar-refractivity contribution in [3.05, 3.63) is 23.9 Å². The van der Waals surface area contributed by atoms with Crippen molar-refractivity contribution in [3.8, 4) is 0 Å². The van der Waals surface area contributed by atoms with Gasteiger partial charge in [0.1, 0.15) is 17.7 Å². The number of rotatable bonds is 0. The lowest BCUT2D eigenvalue weighted by Crippen LogP contribution is -2.68. The van der Waals surface area contributed by atoms with E-state index in [-0.39, 0.29) is 30.7 Å². The van der Waals surface area contributed by atoms with Crippen LogP contribution in [0.3, 0.4) is 0 Å². The molecule has 0 N–H and O–H groups in total. The van der Waals surface area contributed by atoms with Crippen LogP contribution in [0.15, 0.2) is 28.9 Å². The average molecular weight is 389 g/mol. The summed E-state index contributed by atoms with van der Waals surface area (Å²) in [5.41, 5.74) is -0.207. The van der Waals surface area contributed by atoms with E-state index in [1.165, 1.54) is 0 Å². The second-order valence-corrected chi connectivity index (χ2v) is 9.65. The Bertz CT molecular complexity index is 780. The molecule has 2 heterocycles. The SMILES string of the molecule is CC(C)(C)OC(=O)[N+]1(C(=O)OC(C)(C)C)CC(=O)C2C(=NC3=CC=CCC32)C1. The van der Waals surface area contributed by atoms with Crippen LogP contribution in [0.1, 0.15) is 48.0 Å². The fourth-order valence-corrected chi connectivity index (χ4v) is 3.80. The third kappa shape index (κ3) is 3.81. The Morgan fingerprint density at radius 1 is 1.04 bits per heavy atom. The number of ether oxygens (including phenoxy) is 2. The predicted octanol–water partition coefficient (Wildman–Crippen LogP) is 3.79. The molecule has 1 fully saturated rings. The number of aliphatic imine (C=N–C) groups is 1. The maximum Gasteiger partial charge on any atom is 0.527 e. The molecule has 1 aliphatic carbocycles. The van der Waals surface area contributed by atoms with Gasteiger partial charge in [0.15, 0.2) is 12.3 Å². The number of hydrogen-bond donors (Lipinski definition) is 0. The number of piperidine rings is 1. The number of quaternary nitrogens is 1. The van der Waals surface area contributed by atoms with E-state index < -0.39 is 27.9 Å². The normalized spacial score (nSPS) is 26.0. The van der Waals surface area contributed by atoms with Gasteiger partial charge in [0.2, 0.25) is 0 Å². The third-order valence-electron chi connectivity index (χ3n) is 4.90. The van der Waals surface area contributed by atoms with Crippen molar-refractivity contribution >= 4 is 23.7 Å². The third-order valence-corrected chi connectivity index (χ3v) is 4.90. The first-order chi connectivity index (χ1) is 12.8. The number of fused-ring (bicyclic) bond motifs is 3. The van der Waals surface area contributed by atoms with Gasteiger partial charge in [-0.15, -0.1) is 4.48 Å². The minimum Gasteiger partial charge on any atom is -0.414 e. The van der Waals surface area contributed by atoms with Crippen LogP contribution in [-0.2, 0) is 14.3 Å². The summed E-state index contributed by atoms with van der Waals surface area (Å²) in [6.07, 6.45) is 4.99. The predicted molar refractivity (Wildman–Crippen MR) is 104 cm³/mol. The molecule has 152 valence electrons. The van der Waals surface area contributed by atoms with Crippen molar-refractivity contribution in [3.63, 3.8) is 0 Å². The van der Waals surface area contributed by atoms with Crippen LogP contribution < -0.4 is 0 Å². The van der Waals surface area contributed by atoms with Crippen LogP contribution in [0.5, 0.6) is 0 Å². The fourth-order valence-electron chi connectivity index (χ4n) is 3.80. The van der Waals surface area contributed by atoms with Crippen LogP contribution in [0.25, 0.3) is 0 Å². The van der Waals surface area contributed by atoms with Crippen LogP contribution in [0.2, 0.25) is 0 Å². The van der Waals surface area contributed by atoms with E-state index in [2.05, 4.69) is 4.99 Å². The molecule has 7 heteroatoms. The molecule has 2 aliphatic heterocycles. The maximum absolute atomic E-state index is 13.1. The van der Waals surface area contributed by atoms with E-state index in [4.69, 9.17) is 9.47 Å². The van der Waals surface area contributed by atoms with Gasteiger partial charge < -0.3 is 9.47 Å². The van der Waals surface area contributed by atoms with Crippen molar-refractivity contribution in [1.82, 2.24) is 0 Å². The van der Waals surface area contributed by atoms with Crippen molar-refractivity contribution in [2.45, 2.75) is 59.2 Å². The molecule has 7 nitrogen and oxygen atoms in total. The van der Waals surface area contributed by atoms with E-state index in [0.29, 0.717) is 5.71 Å². The quantitative estimate of drug-likeness (QED) is 0.589. The standard InChI is InChI=1S/C21H29N2O5/c1-20(2,3)27-18(25)23(19(26)28-21(4,5)6)11-15-17(16(24)12-23)13-9-7-8-10-14(13)22-15/h7-8,10,13,17H,9,11-12H2,1-6H3/q+1. The Balaban J connectivity index is 2.01. The molecule has 0 spiro atoms. The van der Waals surface area contributed by atoms with Crippen molar-refractivity contribution in [2.75, 3.05) is 13.1 Å². The molecule has 0 aromatic carbocycles. The number of carbonyl (C=O) groups is 3. The summed E-state index contributed by atoms with van der Waals surface area (Å²) < 4.78 is 10.2. The minimum atomic E-state index is -0.837. The zero-order chi connectivity index (χ0) is 20.9. The van der Waals surface area contributed by atoms with Crippen molar-refractivity contribution in [2.24, 2.45) is 16.8 Å². The summed E-state index contributed by atoms with van der Waals surface area (Å²) >= 11 is 0. The summed E-state index contributed by atoms with van der Waals surface area (Å²) in [4.78, 5) is 44.0. The Morgan fingerprint density at radius 2 is 1.61 bits per heavy atom. The second kappa shape index (κ2) is 6.65. The zero-order valence-corrected chi connectivity index (χ0v) is 17.4. The summed E-state index contributed by atoms with van der Waals surface area (Å²) in [5, 5.41) is 0. The van der Waals surface area contributed by atoms with Gasteiger partial charge in [0.25, 0.3) is 0 Å². The molecule has 2 unspecified atom stereocenters. The summed E-state index contributed by atoms with van der Waals surface area (Å²) in [6.45, 7) is 10.1. The molecule has 0 bridgehead atoms. The number of imide groups is 1. The molecule has 0 radical (unpaired) electrons. The van der Waals surface area contributed by atoms with Gasteiger partial charge in [-0.25, -0.2) is 0 Å². The Labute approximate surface area is 165 Å². The van der Waals surface area contributed by atoms with Gasteiger partial charge in [-0.2, -0.15) is 9.59 Å². The van der Waals surface area contributed by atoms with E-state index in [0.717, 1.165) is 12.1 Å². The highest BCUT2D eigenvalue weighted by Gasteiger charge is 2.60. The Morgan fingerprint density at radius 3 is 2.14 bits per heavy atom. The van der Waals surface area contributed by atoms with E-state index in [1.807, 2.05) is 18.2 Å². The lowest BCUT2D eigenvalue weighted by atomic mass is 9.79. The molecule has 28 heavy (non-hydrogen) atoms. The van der Waals surface area contributed by atoms with Crippen LogP contribution in [0, 0.1) is 11.8 Å². The number of ketones is 1. The Kier molecular flexibility index (Phi) is 4.86. The first kappa shape index (κ1) is 20.5. The summed E-state index contributed by atoms with van der Waals surface area (Å²) in [6, 6.07) is 0. The summed E-state index contributed by atoms with van der Waals surface area (Å²) in [7, 11) is 0. The smallest absolute Gasteiger partial charge is 0.414 e. The molecule has 2 atom stereocenters. The molecule has 0 aromatic rings. The Hall–Kier alpha value is -2.28. The second-order valence-electron chi connectivity index (χ2n) is 9.65. The first-order valence-corrected chi connectivity index (χ1v) is 9.63. The lowest BCUT2D eigenvalue weighted by Gasteiger charge is -2.38. The largest absolute Gasteiger partial charge is 0.527 e. The molecule has 0 aromatic heterocycles. The highest BCUT2D eigenvalue weighted by molar-refractivity contribution is 6.12. The van der Waals surface area contributed by atoms with Gasteiger partial charge in [-0.05, 0) is 54.0 Å². The van der Waals surface area contributed by atoms with Crippen molar-refractivity contribution in [1.29, 1.82) is 0 Å². The van der Waals surface area contributed by atoms with Gasteiger partial charge >= 0.3 is 12.2 Å². The molecule has 0 saturated carbocycles.